The molecule has 0 radical (unpaired) electrons. The van der Waals surface area contributed by atoms with Gasteiger partial charge in [-0.3, -0.25) is 0 Å². The summed E-state index contributed by atoms with van der Waals surface area (Å²) in [6.07, 6.45) is 0. The van der Waals surface area contributed by atoms with E-state index in [1.54, 1.807) is 7.11 Å². The zero-order valence-electron chi connectivity index (χ0n) is 7.58. The zero-order valence-corrected chi connectivity index (χ0v) is 7.58. The maximum absolute atomic E-state index is 5.30. The summed E-state index contributed by atoms with van der Waals surface area (Å²) in [5.41, 5.74) is 2.47. The molecule has 0 N–H and O–H groups in total. The largest absolute Gasteiger partial charge is 0.468 e. The zero-order chi connectivity index (χ0) is 9.10. The smallest absolute Gasteiger partial charge is 0.188 e. The molecule has 0 aliphatic carbocycles. The Bertz CT molecular complexity index is 296. The summed E-state index contributed by atoms with van der Waals surface area (Å²) in [4.78, 5) is 0. The Hall–Kier alpha value is -1.06. The van der Waals surface area contributed by atoms with Gasteiger partial charge in [-0.2, -0.15) is 0 Å². The van der Waals surface area contributed by atoms with Crippen molar-refractivity contribution in [1.82, 2.24) is 0 Å². The lowest BCUT2D eigenvalue weighted by molar-refractivity contribution is 0.0510. The molecular formula is C10H12O3. The third-order valence-electron chi connectivity index (χ3n) is 2.04. The Morgan fingerprint density at radius 2 is 2.15 bits per heavy atom. The molecule has 0 atom stereocenters. The van der Waals surface area contributed by atoms with Crippen LogP contribution in [0, 0.1) is 0 Å². The van der Waals surface area contributed by atoms with E-state index in [2.05, 4.69) is 0 Å². The average Bonchev–Trinajstić information content (AvgIpc) is 2.61. The molecule has 2 rings (SSSR count). The molecule has 3 nitrogen and oxygen atoms in total. The number of hydrogen-bond donors (Lipinski definition) is 0. The number of methoxy groups -OCH3 is 1. The van der Waals surface area contributed by atoms with Crippen LogP contribution < -0.4 is 4.74 Å². The molecule has 13 heavy (non-hydrogen) atoms. The molecule has 1 aromatic rings. The van der Waals surface area contributed by atoms with E-state index in [9.17, 15) is 0 Å². The minimum atomic E-state index is 0.291. The molecule has 0 amide bonds. The summed E-state index contributed by atoms with van der Waals surface area (Å²) in [5, 5.41) is 0. The quantitative estimate of drug-likeness (QED) is 0.662. The summed E-state index contributed by atoms with van der Waals surface area (Å²) >= 11 is 0. The van der Waals surface area contributed by atoms with Crippen molar-refractivity contribution < 1.29 is 14.2 Å². The highest BCUT2D eigenvalue weighted by Gasteiger charge is 2.11. The molecule has 0 aromatic heterocycles. The summed E-state index contributed by atoms with van der Waals surface area (Å²) in [6.45, 7) is 1.71. The lowest BCUT2D eigenvalue weighted by Crippen LogP contribution is -1.99. The molecule has 0 saturated carbocycles. The highest BCUT2D eigenvalue weighted by atomic mass is 16.7. The minimum absolute atomic E-state index is 0.291. The van der Waals surface area contributed by atoms with Gasteiger partial charge in [0.1, 0.15) is 5.75 Å². The van der Waals surface area contributed by atoms with E-state index in [4.69, 9.17) is 14.2 Å². The second-order valence-corrected chi connectivity index (χ2v) is 2.97. The summed E-state index contributed by atoms with van der Waals surface area (Å²) < 4.78 is 15.4. The Kier molecular flexibility index (Phi) is 2.47. The van der Waals surface area contributed by atoms with E-state index in [1.807, 2.05) is 18.2 Å². The molecule has 0 saturated heterocycles. The van der Waals surface area contributed by atoms with E-state index in [0.717, 1.165) is 12.4 Å². The first-order valence-electron chi connectivity index (χ1n) is 4.21. The van der Waals surface area contributed by atoms with Crippen molar-refractivity contribution in [3.63, 3.8) is 0 Å². The average molecular weight is 180 g/mol. The Morgan fingerprint density at radius 3 is 3.00 bits per heavy atom. The van der Waals surface area contributed by atoms with Crippen LogP contribution in [0.5, 0.6) is 5.75 Å². The van der Waals surface area contributed by atoms with Gasteiger partial charge < -0.3 is 14.2 Å². The maximum Gasteiger partial charge on any atom is 0.188 e. The predicted molar refractivity (Wildman–Crippen MR) is 47.4 cm³/mol. The Morgan fingerprint density at radius 1 is 1.31 bits per heavy atom. The van der Waals surface area contributed by atoms with E-state index >= 15 is 0 Å². The van der Waals surface area contributed by atoms with Crippen molar-refractivity contribution in [3.8, 4) is 5.75 Å². The fourth-order valence-corrected chi connectivity index (χ4v) is 1.37. The SMILES string of the molecule is COCOc1ccc2c(c1)COC2. The van der Waals surface area contributed by atoms with Gasteiger partial charge >= 0.3 is 0 Å². The van der Waals surface area contributed by atoms with Crippen molar-refractivity contribution >= 4 is 0 Å². The molecule has 70 valence electrons. The lowest BCUT2D eigenvalue weighted by Gasteiger charge is -2.05. The number of fused-ring (bicyclic) bond motifs is 1. The van der Waals surface area contributed by atoms with Crippen LogP contribution >= 0.6 is 0 Å². The Labute approximate surface area is 77.2 Å². The molecule has 1 heterocycles. The van der Waals surface area contributed by atoms with Crippen LogP contribution in [-0.2, 0) is 22.7 Å². The minimum Gasteiger partial charge on any atom is -0.468 e. The molecule has 0 fully saturated rings. The van der Waals surface area contributed by atoms with Gasteiger partial charge in [-0.1, -0.05) is 6.07 Å². The third-order valence-corrected chi connectivity index (χ3v) is 2.04. The second-order valence-electron chi connectivity index (χ2n) is 2.97. The molecule has 1 aromatic carbocycles. The normalized spacial score (nSPS) is 14.2. The van der Waals surface area contributed by atoms with Crippen molar-refractivity contribution in [2.24, 2.45) is 0 Å². The molecule has 0 spiro atoms. The van der Waals surface area contributed by atoms with Crippen LogP contribution in [0.1, 0.15) is 11.1 Å². The van der Waals surface area contributed by atoms with Crippen LogP contribution in [0.25, 0.3) is 0 Å². The summed E-state index contributed by atoms with van der Waals surface area (Å²) in [5.74, 6) is 0.839. The topological polar surface area (TPSA) is 27.7 Å². The van der Waals surface area contributed by atoms with Gasteiger partial charge in [-0.05, 0) is 23.3 Å². The monoisotopic (exact) mass is 180 g/mol. The molecular weight excluding hydrogens is 168 g/mol. The molecule has 1 aliphatic heterocycles. The first kappa shape index (κ1) is 8.53. The van der Waals surface area contributed by atoms with Gasteiger partial charge in [0.2, 0.25) is 0 Å². The summed E-state index contributed by atoms with van der Waals surface area (Å²) in [7, 11) is 1.61. The van der Waals surface area contributed by atoms with E-state index in [1.165, 1.54) is 11.1 Å². The van der Waals surface area contributed by atoms with Crippen molar-refractivity contribution in [3.05, 3.63) is 29.3 Å². The highest BCUT2D eigenvalue weighted by Crippen LogP contribution is 2.24. The number of ether oxygens (including phenoxy) is 3. The van der Waals surface area contributed by atoms with Gasteiger partial charge in [-0.25, -0.2) is 0 Å². The predicted octanol–water partition coefficient (Wildman–Crippen LogP) is 1.70. The van der Waals surface area contributed by atoms with E-state index in [-0.39, 0.29) is 0 Å². The second kappa shape index (κ2) is 3.77. The van der Waals surface area contributed by atoms with Crippen LogP contribution in [0.2, 0.25) is 0 Å². The van der Waals surface area contributed by atoms with E-state index in [0.29, 0.717) is 13.4 Å². The number of rotatable bonds is 3. The van der Waals surface area contributed by atoms with Crippen molar-refractivity contribution in [2.45, 2.75) is 13.2 Å². The molecule has 0 unspecified atom stereocenters. The fourth-order valence-electron chi connectivity index (χ4n) is 1.37. The van der Waals surface area contributed by atoms with Gasteiger partial charge in [0, 0.05) is 7.11 Å². The van der Waals surface area contributed by atoms with Crippen LogP contribution in [0.15, 0.2) is 18.2 Å². The van der Waals surface area contributed by atoms with Gasteiger partial charge in [0.05, 0.1) is 13.2 Å². The van der Waals surface area contributed by atoms with Crippen LogP contribution in [0.3, 0.4) is 0 Å². The summed E-state index contributed by atoms with van der Waals surface area (Å²) in [6, 6.07) is 5.97. The number of hydrogen-bond acceptors (Lipinski definition) is 3. The first-order chi connectivity index (χ1) is 6.40. The van der Waals surface area contributed by atoms with E-state index < -0.39 is 0 Å². The Balaban J connectivity index is 2.12. The standard InChI is InChI=1S/C10H12O3/c1-11-7-13-10-3-2-8-5-12-6-9(8)4-10/h2-4H,5-7H2,1H3. The van der Waals surface area contributed by atoms with Gasteiger partial charge in [0.15, 0.2) is 6.79 Å². The van der Waals surface area contributed by atoms with Crippen LogP contribution in [-0.4, -0.2) is 13.9 Å². The lowest BCUT2D eigenvalue weighted by atomic mass is 10.1. The highest BCUT2D eigenvalue weighted by molar-refractivity contribution is 5.36. The first-order valence-corrected chi connectivity index (χ1v) is 4.21. The maximum atomic E-state index is 5.30. The molecule has 1 aliphatic rings. The van der Waals surface area contributed by atoms with Crippen molar-refractivity contribution in [1.29, 1.82) is 0 Å². The molecule has 0 bridgehead atoms. The molecule has 3 heteroatoms. The van der Waals surface area contributed by atoms with Crippen LogP contribution in [0.4, 0.5) is 0 Å². The van der Waals surface area contributed by atoms with Gasteiger partial charge in [-0.15, -0.1) is 0 Å². The van der Waals surface area contributed by atoms with Crippen molar-refractivity contribution in [2.75, 3.05) is 13.9 Å². The third kappa shape index (κ3) is 1.82. The number of benzene rings is 1. The fraction of sp³-hybridized carbons (Fsp3) is 0.400. The van der Waals surface area contributed by atoms with Gasteiger partial charge in [0.25, 0.3) is 0 Å².